The lowest BCUT2D eigenvalue weighted by molar-refractivity contribution is -0.111. The molecule has 0 saturated carbocycles. The summed E-state index contributed by atoms with van der Waals surface area (Å²) in [6.07, 6.45) is 1.23. The zero-order valence-corrected chi connectivity index (χ0v) is 9.50. The molecule has 4 nitrogen and oxygen atoms in total. The third kappa shape index (κ3) is 2.04. The SMILES string of the molecule is C=CC(=O)Nc1ccc2nc(OC)sc2c1. The molecule has 1 N–H and O–H groups in total. The summed E-state index contributed by atoms with van der Waals surface area (Å²) in [4.78, 5) is 15.3. The number of hydrogen-bond acceptors (Lipinski definition) is 4. The van der Waals surface area contributed by atoms with Crippen molar-refractivity contribution in [2.75, 3.05) is 12.4 Å². The summed E-state index contributed by atoms with van der Waals surface area (Å²) in [5.41, 5.74) is 1.59. The van der Waals surface area contributed by atoms with Gasteiger partial charge in [-0.1, -0.05) is 17.9 Å². The third-order valence-corrected chi connectivity index (χ3v) is 2.98. The fourth-order valence-electron chi connectivity index (χ4n) is 1.26. The number of ether oxygens (including phenoxy) is 1. The molecule has 0 aliphatic heterocycles. The summed E-state index contributed by atoms with van der Waals surface area (Å²) in [5, 5.41) is 3.31. The van der Waals surface area contributed by atoms with Gasteiger partial charge < -0.3 is 10.1 Å². The van der Waals surface area contributed by atoms with Crippen LogP contribution in [0.3, 0.4) is 0 Å². The first kappa shape index (κ1) is 10.6. The summed E-state index contributed by atoms with van der Waals surface area (Å²) >= 11 is 1.44. The number of anilines is 1. The molecule has 0 bridgehead atoms. The van der Waals surface area contributed by atoms with Crippen LogP contribution in [-0.2, 0) is 4.79 Å². The maximum atomic E-state index is 11.1. The molecule has 0 saturated heterocycles. The number of nitrogens with zero attached hydrogens (tertiary/aromatic N) is 1. The van der Waals surface area contributed by atoms with Gasteiger partial charge in [0, 0.05) is 5.69 Å². The van der Waals surface area contributed by atoms with Crippen LogP contribution >= 0.6 is 11.3 Å². The van der Waals surface area contributed by atoms with E-state index >= 15 is 0 Å². The van der Waals surface area contributed by atoms with Crippen molar-refractivity contribution >= 4 is 33.1 Å². The highest BCUT2D eigenvalue weighted by molar-refractivity contribution is 7.20. The lowest BCUT2D eigenvalue weighted by Gasteiger charge is -2.00. The van der Waals surface area contributed by atoms with Gasteiger partial charge in [0.1, 0.15) is 0 Å². The summed E-state index contributed by atoms with van der Waals surface area (Å²) in [5.74, 6) is -0.226. The van der Waals surface area contributed by atoms with E-state index in [1.807, 2.05) is 12.1 Å². The van der Waals surface area contributed by atoms with Crippen LogP contribution < -0.4 is 10.1 Å². The lowest BCUT2D eigenvalue weighted by atomic mass is 10.3. The van der Waals surface area contributed by atoms with Crippen LogP contribution in [0.15, 0.2) is 30.9 Å². The van der Waals surface area contributed by atoms with Crippen molar-refractivity contribution in [3.05, 3.63) is 30.9 Å². The molecule has 82 valence electrons. The summed E-state index contributed by atoms with van der Waals surface area (Å²) in [6, 6.07) is 5.49. The van der Waals surface area contributed by atoms with Gasteiger partial charge in [-0.3, -0.25) is 4.79 Å². The van der Waals surface area contributed by atoms with Gasteiger partial charge >= 0.3 is 0 Å². The van der Waals surface area contributed by atoms with Crippen LogP contribution in [0, 0.1) is 0 Å². The van der Waals surface area contributed by atoms with Crippen LogP contribution in [0.25, 0.3) is 10.2 Å². The van der Waals surface area contributed by atoms with Gasteiger partial charge in [-0.25, -0.2) is 4.98 Å². The number of amides is 1. The minimum Gasteiger partial charge on any atom is -0.473 e. The fourth-order valence-corrected chi connectivity index (χ4v) is 2.08. The van der Waals surface area contributed by atoms with E-state index in [1.54, 1.807) is 13.2 Å². The van der Waals surface area contributed by atoms with Crippen LogP contribution in [0.1, 0.15) is 0 Å². The number of benzene rings is 1. The molecule has 2 rings (SSSR count). The molecule has 0 unspecified atom stereocenters. The molecule has 0 atom stereocenters. The van der Waals surface area contributed by atoms with Crippen molar-refractivity contribution < 1.29 is 9.53 Å². The molecule has 0 aliphatic rings. The summed E-state index contributed by atoms with van der Waals surface area (Å²) in [6.45, 7) is 3.39. The molecule has 1 aromatic heterocycles. The van der Waals surface area contributed by atoms with Crippen molar-refractivity contribution in [2.45, 2.75) is 0 Å². The van der Waals surface area contributed by atoms with Crippen LogP contribution in [0.4, 0.5) is 5.69 Å². The zero-order chi connectivity index (χ0) is 11.5. The van der Waals surface area contributed by atoms with E-state index in [9.17, 15) is 4.79 Å². The molecule has 0 radical (unpaired) electrons. The van der Waals surface area contributed by atoms with E-state index in [1.165, 1.54) is 17.4 Å². The molecule has 2 aromatic rings. The number of hydrogen-bond donors (Lipinski definition) is 1. The topological polar surface area (TPSA) is 51.2 Å². The number of aromatic nitrogens is 1. The van der Waals surface area contributed by atoms with E-state index in [2.05, 4.69) is 16.9 Å². The Morgan fingerprint density at radius 3 is 3.12 bits per heavy atom. The highest BCUT2D eigenvalue weighted by Gasteiger charge is 2.05. The number of carbonyl (C=O) groups excluding carboxylic acids is 1. The Balaban J connectivity index is 2.35. The lowest BCUT2D eigenvalue weighted by Crippen LogP contribution is -2.06. The number of fused-ring (bicyclic) bond motifs is 1. The monoisotopic (exact) mass is 234 g/mol. The predicted molar refractivity (Wildman–Crippen MR) is 65.0 cm³/mol. The number of nitrogens with one attached hydrogen (secondary N) is 1. The van der Waals surface area contributed by atoms with E-state index in [-0.39, 0.29) is 5.91 Å². The fraction of sp³-hybridized carbons (Fsp3) is 0.0909. The van der Waals surface area contributed by atoms with Gasteiger partial charge in [-0.05, 0) is 24.3 Å². The largest absolute Gasteiger partial charge is 0.473 e. The van der Waals surface area contributed by atoms with Crippen molar-refractivity contribution in [3.63, 3.8) is 0 Å². The number of thiazole rings is 1. The molecular weight excluding hydrogens is 224 g/mol. The van der Waals surface area contributed by atoms with Gasteiger partial charge in [-0.2, -0.15) is 0 Å². The van der Waals surface area contributed by atoms with E-state index in [0.717, 1.165) is 15.9 Å². The van der Waals surface area contributed by atoms with Crippen molar-refractivity contribution in [3.8, 4) is 5.19 Å². The van der Waals surface area contributed by atoms with Gasteiger partial charge in [0.2, 0.25) is 5.91 Å². The Morgan fingerprint density at radius 1 is 1.62 bits per heavy atom. The zero-order valence-electron chi connectivity index (χ0n) is 8.69. The molecule has 5 heteroatoms. The van der Waals surface area contributed by atoms with Crippen LogP contribution in [-0.4, -0.2) is 18.0 Å². The molecule has 0 spiro atoms. The Kier molecular flexibility index (Phi) is 2.87. The van der Waals surface area contributed by atoms with Gasteiger partial charge in [0.05, 0.1) is 17.3 Å². The molecule has 0 aliphatic carbocycles. The van der Waals surface area contributed by atoms with Gasteiger partial charge in [0.15, 0.2) is 0 Å². The van der Waals surface area contributed by atoms with Gasteiger partial charge in [0.25, 0.3) is 5.19 Å². The van der Waals surface area contributed by atoms with E-state index in [4.69, 9.17) is 4.74 Å². The minimum absolute atomic E-state index is 0.226. The second-order valence-electron chi connectivity index (χ2n) is 3.06. The molecule has 1 aromatic carbocycles. The maximum Gasteiger partial charge on any atom is 0.274 e. The normalized spacial score (nSPS) is 10.1. The first-order valence-electron chi connectivity index (χ1n) is 4.61. The molecule has 1 heterocycles. The molecule has 1 amide bonds. The molecule has 0 fully saturated rings. The third-order valence-electron chi connectivity index (χ3n) is 2.00. The average Bonchev–Trinajstić information content (AvgIpc) is 2.71. The van der Waals surface area contributed by atoms with Crippen LogP contribution in [0.2, 0.25) is 0 Å². The number of rotatable bonds is 3. The molecule has 16 heavy (non-hydrogen) atoms. The summed E-state index contributed by atoms with van der Waals surface area (Å²) in [7, 11) is 1.58. The Bertz CT molecular complexity index is 548. The standard InChI is InChI=1S/C11H10N2O2S/c1-3-10(14)12-7-4-5-8-9(6-7)16-11(13-8)15-2/h3-6H,1H2,2H3,(H,12,14). The van der Waals surface area contributed by atoms with E-state index < -0.39 is 0 Å². The Hall–Kier alpha value is -1.88. The number of methoxy groups -OCH3 is 1. The second kappa shape index (κ2) is 4.32. The van der Waals surface area contributed by atoms with Crippen molar-refractivity contribution in [2.24, 2.45) is 0 Å². The smallest absolute Gasteiger partial charge is 0.274 e. The average molecular weight is 234 g/mol. The highest BCUT2D eigenvalue weighted by atomic mass is 32.1. The summed E-state index contributed by atoms with van der Waals surface area (Å²) < 4.78 is 6.02. The molecular formula is C11H10N2O2S. The maximum absolute atomic E-state index is 11.1. The van der Waals surface area contributed by atoms with E-state index in [0.29, 0.717) is 5.19 Å². The van der Waals surface area contributed by atoms with Gasteiger partial charge in [-0.15, -0.1) is 0 Å². The minimum atomic E-state index is -0.226. The first-order valence-corrected chi connectivity index (χ1v) is 5.42. The number of carbonyl (C=O) groups is 1. The Morgan fingerprint density at radius 2 is 2.44 bits per heavy atom. The predicted octanol–water partition coefficient (Wildman–Crippen LogP) is 2.43. The quantitative estimate of drug-likeness (QED) is 0.830. The Labute approximate surface area is 96.6 Å². The van der Waals surface area contributed by atoms with Crippen LogP contribution in [0.5, 0.6) is 5.19 Å². The van der Waals surface area contributed by atoms with Crippen molar-refractivity contribution in [1.29, 1.82) is 0 Å². The first-order chi connectivity index (χ1) is 7.72. The highest BCUT2D eigenvalue weighted by Crippen LogP contribution is 2.29. The second-order valence-corrected chi connectivity index (χ2v) is 4.05. The van der Waals surface area contributed by atoms with Crippen molar-refractivity contribution in [1.82, 2.24) is 4.98 Å².